The highest BCUT2D eigenvalue weighted by Crippen LogP contribution is 2.18. The lowest BCUT2D eigenvalue weighted by atomic mass is 10.1. The minimum atomic E-state index is 0. The Labute approximate surface area is 183 Å². The van der Waals surface area contributed by atoms with Gasteiger partial charge in [0.15, 0.2) is 5.96 Å². The molecule has 0 spiro atoms. The first-order chi connectivity index (χ1) is 12.7. The van der Waals surface area contributed by atoms with E-state index in [-0.39, 0.29) is 29.9 Å². The van der Waals surface area contributed by atoms with Gasteiger partial charge in [0.1, 0.15) is 0 Å². The van der Waals surface area contributed by atoms with E-state index in [0.717, 1.165) is 18.1 Å². The van der Waals surface area contributed by atoms with Crippen molar-refractivity contribution < 1.29 is 4.79 Å². The Bertz CT molecular complexity index is 677. The molecule has 3 N–H and O–H groups in total. The third-order valence-electron chi connectivity index (χ3n) is 3.96. The van der Waals surface area contributed by atoms with Crippen molar-refractivity contribution in [2.24, 2.45) is 4.99 Å². The zero-order valence-electron chi connectivity index (χ0n) is 15.9. The third-order valence-corrected chi connectivity index (χ3v) is 4.66. The average Bonchev–Trinajstić information content (AvgIpc) is 3.20. The van der Waals surface area contributed by atoms with Crippen LogP contribution in [-0.2, 0) is 11.3 Å². The fourth-order valence-corrected chi connectivity index (χ4v) is 3.19. The van der Waals surface area contributed by atoms with E-state index in [2.05, 4.69) is 44.7 Å². The molecule has 1 amide bonds. The predicted octanol–water partition coefficient (Wildman–Crippen LogP) is 3.73. The summed E-state index contributed by atoms with van der Waals surface area (Å²) in [6.07, 6.45) is 0.414. The second kappa shape index (κ2) is 13.5. The molecular formula is C20H29IN4OS. The van der Waals surface area contributed by atoms with Crippen LogP contribution in [0.3, 0.4) is 0 Å². The molecule has 0 fully saturated rings. The number of carbonyl (C=O) groups is 1. The molecule has 0 aliphatic rings. The van der Waals surface area contributed by atoms with Gasteiger partial charge in [0.25, 0.3) is 0 Å². The number of rotatable bonds is 9. The average molecular weight is 500 g/mol. The van der Waals surface area contributed by atoms with Gasteiger partial charge in [-0.2, -0.15) is 11.3 Å². The number of hydrogen-bond acceptors (Lipinski definition) is 3. The molecule has 0 saturated heterocycles. The molecule has 2 rings (SSSR count). The molecule has 148 valence electrons. The molecule has 7 heteroatoms. The number of guanidine groups is 1. The first-order valence-electron chi connectivity index (χ1n) is 9.04. The van der Waals surface area contributed by atoms with Gasteiger partial charge in [-0.1, -0.05) is 37.3 Å². The van der Waals surface area contributed by atoms with Gasteiger partial charge in [0, 0.05) is 38.5 Å². The van der Waals surface area contributed by atoms with Crippen LogP contribution in [-0.4, -0.2) is 31.5 Å². The van der Waals surface area contributed by atoms with Crippen molar-refractivity contribution in [3.05, 3.63) is 58.3 Å². The van der Waals surface area contributed by atoms with E-state index in [4.69, 9.17) is 0 Å². The minimum Gasteiger partial charge on any atom is -0.357 e. The van der Waals surface area contributed by atoms with Gasteiger partial charge < -0.3 is 16.0 Å². The Balaban J connectivity index is 0.00000364. The maximum atomic E-state index is 12.0. The van der Waals surface area contributed by atoms with Crippen molar-refractivity contribution in [2.75, 3.05) is 19.6 Å². The number of benzene rings is 1. The van der Waals surface area contributed by atoms with Crippen LogP contribution in [0, 0.1) is 0 Å². The number of carbonyl (C=O) groups excluding carboxylic acids is 1. The summed E-state index contributed by atoms with van der Waals surface area (Å²) in [5, 5.41) is 13.6. The number of hydrogen-bond donors (Lipinski definition) is 3. The van der Waals surface area contributed by atoms with Crippen LogP contribution < -0.4 is 16.0 Å². The number of halogens is 1. The van der Waals surface area contributed by atoms with Crippen LogP contribution in [0.1, 0.15) is 37.3 Å². The van der Waals surface area contributed by atoms with Gasteiger partial charge in [-0.25, -0.2) is 0 Å². The maximum absolute atomic E-state index is 12.0. The summed E-state index contributed by atoms with van der Waals surface area (Å²) < 4.78 is 0. The highest BCUT2D eigenvalue weighted by molar-refractivity contribution is 14.0. The highest BCUT2D eigenvalue weighted by atomic mass is 127. The van der Waals surface area contributed by atoms with E-state index in [1.165, 1.54) is 5.56 Å². The number of thiophene rings is 1. The van der Waals surface area contributed by atoms with Crippen LogP contribution >= 0.6 is 35.3 Å². The summed E-state index contributed by atoms with van der Waals surface area (Å²) in [5.74, 6) is 1.17. The maximum Gasteiger partial charge on any atom is 0.222 e. The minimum absolute atomic E-state index is 0. The summed E-state index contributed by atoms with van der Waals surface area (Å²) >= 11 is 1.71. The Morgan fingerprint density at radius 2 is 1.93 bits per heavy atom. The van der Waals surface area contributed by atoms with E-state index in [9.17, 15) is 4.79 Å². The summed E-state index contributed by atoms with van der Waals surface area (Å²) in [6.45, 7) is 6.83. The smallest absolute Gasteiger partial charge is 0.222 e. The Morgan fingerprint density at radius 3 is 2.59 bits per heavy atom. The Kier molecular flexibility index (Phi) is 11.8. The SMILES string of the molecule is CCNC(=NCC(C)c1ccsc1)NCCC(=O)NCc1ccccc1.I. The molecule has 5 nitrogen and oxygen atoms in total. The number of amides is 1. The number of nitrogens with one attached hydrogen (secondary N) is 3. The zero-order valence-corrected chi connectivity index (χ0v) is 19.1. The zero-order chi connectivity index (χ0) is 18.6. The highest BCUT2D eigenvalue weighted by Gasteiger charge is 2.07. The molecule has 0 aliphatic heterocycles. The van der Waals surface area contributed by atoms with Gasteiger partial charge in [-0.3, -0.25) is 9.79 Å². The second-order valence-corrected chi connectivity index (χ2v) is 6.90. The standard InChI is InChI=1S/C20H28N4OS.HI/c1-3-21-20(24-13-16(2)18-10-12-26-15-18)22-11-9-19(25)23-14-17-7-5-4-6-8-17;/h4-8,10,12,15-16H,3,9,11,13-14H2,1-2H3,(H,23,25)(H2,21,22,24);1H. The van der Waals surface area contributed by atoms with E-state index < -0.39 is 0 Å². The van der Waals surface area contributed by atoms with Crippen molar-refractivity contribution in [1.29, 1.82) is 0 Å². The van der Waals surface area contributed by atoms with Crippen LogP contribution in [0.25, 0.3) is 0 Å². The summed E-state index contributed by atoms with van der Waals surface area (Å²) in [5.41, 5.74) is 2.42. The van der Waals surface area contributed by atoms with Crippen molar-refractivity contribution in [3.63, 3.8) is 0 Å². The molecule has 1 unspecified atom stereocenters. The molecule has 0 radical (unpaired) electrons. The molecule has 0 aliphatic carbocycles. The summed E-state index contributed by atoms with van der Waals surface area (Å²) in [7, 11) is 0. The molecule has 1 atom stereocenters. The van der Waals surface area contributed by atoms with Crippen LogP contribution in [0.2, 0.25) is 0 Å². The summed E-state index contributed by atoms with van der Waals surface area (Å²) in [4.78, 5) is 16.6. The van der Waals surface area contributed by atoms with Crippen LogP contribution in [0.5, 0.6) is 0 Å². The Hall–Kier alpha value is -1.61. The third kappa shape index (κ3) is 9.23. The van der Waals surface area contributed by atoms with Crippen LogP contribution in [0.15, 0.2) is 52.2 Å². The number of nitrogens with zero attached hydrogens (tertiary/aromatic N) is 1. The Morgan fingerprint density at radius 1 is 1.15 bits per heavy atom. The molecule has 2 aromatic rings. The normalized spacial score (nSPS) is 12.0. The largest absolute Gasteiger partial charge is 0.357 e. The fourth-order valence-electron chi connectivity index (χ4n) is 2.41. The predicted molar refractivity (Wildman–Crippen MR) is 125 cm³/mol. The van der Waals surface area contributed by atoms with E-state index in [1.807, 2.05) is 37.3 Å². The van der Waals surface area contributed by atoms with E-state index >= 15 is 0 Å². The molecule has 27 heavy (non-hydrogen) atoms. The van der Waals surface area contributed by atoms with Crippen molar-refractivity contribution in [2.45, 2.75) is 32.7 Å². The molecule has 0 saturated carbocycles. The van der Waals surface area contributed by atoms with Crippen molar-refractivity contribution in [1.82, 2.24) is 16.0 Å². The molecule has 1 heterocycles. The first kappa shape index (κ1) is 23.4. The van der Waals surface area contributed by atoms with Gasteiger partial charge in [0.2, 0.25) is 5.91 Å². The fraction of sp³-hybridized carbons (Fsp3) is 0.400. The lowest BCUT2D eigenvalue weighted by Crippen LogP contribution is -2.39. The lowest BCUT2D eigenvalue weighted by Gasteiger charge is -2.13. The van der Waals surface area contributed by atoms with E-state index in [0.29, 0.717) is 32.0 Å². The first-order valence-corrected chi connectivity index (χ1v) is 9.98. The molecule has 0 bridgehead atoms. The van der Waals surface area contributed by atoms with Gasteiger partial charge in [0.05, 0.1) is 0 Å². The quantitative estimate of drug-likeness (QED) is 0.279. The van der Waals surface area contributed by atoms with Crippen molar-refractivity contribution in [3.8, 4) is 0 Å². The van der Waals surface area contributed by atoms with Crippen molar-refractivity contribution >= 4 is 47.2 Å². The topological polar surface area (TPSA) is 65.5 Å². The number of aliphatic imine (C=N–C) groups is 1. The monoisotopic (exact) mass is 500 g/mol. The second-order valence-electron chi connectivity index (χ2n) is 6.12. The lowest BCUT2D eigenvalue weighted by molar-refractivity contribution is -0.121. The van der Waals surface area contributed by atoms with Gasteiger partial charge >= 0.3 is 0 Å². The summed E-state index contributed by atoms with van der Waals surface area (Å²) in [6, 6.07) is 12.1. The van der Waals surface area contributed by atoms with Gasteiger partial charge in [-0.05, 0) is 34.9 Å². The van der Waals surface area contributed by atoms with Crippen LogP contribution in [0.4, 0.5) is 0 Å². The molecular weight excluding hydrogens is 471 g/mol. The molecule has 1 aromatic carbocycles. The van der Waals surface area contributed by atoms with Gasteiger partial charge in [-0.15, -0.1) is 24.0 Å². The van der Waals surface area contributed by atoms with E-state index in [1.54, 1.807) is 11.3 Å². The molecule has 1 aromatic heterocycles.